The normalized spacial score (nSPS) is 40.6. The monoisotopic (exact) mass is 304 g/mol. The van der Waals surface area contributed by atoms with Gasteiger partial charge >= 0.3 is 11.9 Å². The topological polar surface area (TPSA) is 52.6 Å². The van der Waals surface area contributed by atoms with Crippen LogP contribution in [0.1, 0.15) is 45.4 Å². The number of carbonyl (C=O) groups is 2. The minimum atomic E-state index is -0.427. The zero-order valence-electron chi connectivity index (χ0n) is 13.6. The van der Waals surface area contributed by atoms with E-state index in [0.717, 1.165) is 37.0 Å². The Bertz CT molecular complexity index is 525. The number of rotatable bonds is 3. The summed E-state index contributed by atoms with van der Waals surface area (Å²) in [7, 11) is 2.78. The van der Waals surface area contributed by atoms with E-state index in [1.807, 2.05) is 0 Å². The summed E-state index contributed by atoms with van der Waals surface area (Å²) in [6, 6.07) is 0. The maximum Gasteiger partial charge on any atom is 0.335 e. The Morgan fingerprint density at radius 1 is 0.864 bits per heavy atom. The predicted octanol–water partition coefficient (Wildman–Crippen LogP) is 2.87. The number of hydrogen-bond donors (Lipinski definition) is 0. The number of esters is 2. The Morgan fingerprint density at radius 2 is 1.23 bits per heavy atom. The molecule has 4 saturated carbocycles. The Balaban J connectivity index is 1.73. The van der Waals surface area contributed by atoms with Crippen LogP contribution in [-0.4, -0.2) is 26.2 Å². The smallest absolute Gasteiger partial charge is 0.335 e. The first-order chi connectivity index (χ1) is 10.4. The molecule has 4 fully saturated rings. The zero-order valence-corrected chi connectivity index (χ0v) is 13.6. The molecular weight excluding hydrogens is 280 g/mol. The number of hydrogen-bond acceptors (Lipinski definition) is 4. The highest BCUT2D eigenvalue weighted by atomic mass is 16.5. The van der Waals surface area contributed by atoms with Crippen LogP contribution in [0.3, 0.4) is 0 Å². The molecule has 0 saturated heterocycles. The number of carbonyl (C=O) groups excluding carboxylic acids is 2. The van der Waals surface area contributed by atoms with E-state index in [4.69, 9.17) is 9.47 Å². The van der Waals surface area contributed by atoms with Crippen LogP contribution < -0.4 is 0 Å². The Kier molecular flexibility index (Phi) is 2.83. The van der Waals surface area contributed by atoms with E-state index in [-0.39, 0.29) is 17.4 Å². The van der Waals surface area contributed by atoms with Crippen LogP contribution in [0.25, 0.3) is 0 Å². The first kappa shape index (κ1) is 14.3. The summed E-state index contributed by atoms with van der Waals surface area (Å²) in [5.74, 6) is 1.64. The SMILES string of the molecule is COC(=O)C1=C(C(=O)OC)C1(C)C12CC3CC(CC(C3)C1)C2. The van der Waals surface area contributed by atoms with Crippen molar-refractivity contribution in [3.63, 3.8) is 0 Å². The molecule has 0 aromatic heterocycles. The minimum Gasteiger partial charge on any atom is -0.466 e. The Hall–Kier alpha value is -1.32. The van der Waals surface area contributed by atoms with Gasteiger partial charge in [-0.2, -0.15) is 0 Å². The lowest BCUT2D eigenvalue weighted by molar-refractivity contribution is -0.139. The Labute approximate surface area is 131 Å². The van der Waals surface area contributed by atoms with Crippen molar-refractivity contribution in [1.29, 1.82) is 0 Å². The molecule has 0 aromatic rings. The zero-order chi connectivity index (χ0) is 15.7. The van der Waals surface area contributed by atoms with Gasteiger partial charge in [0.05, 0.1) is 25.4 Å². The summed E-state index contributed by atoms with van der Waals surface area (Å²) in [6.07, 6.45) is 7.48. The van der Waals surface area contributed by atoms with E-state index >= 15 is 0 Å². The third-order valence-corrected chi connectivity index (χ3v) is 7.07. The maximum absolute atomic E-state index is 12.2. The van der Waals surface area contributed by atoms with Crippen LogP contribution in [0.2, 0.25) is 0 Å². The quantitative estimate of drug-likeness (QED) is 0.752. The van der Waals surface area contributed by atoms with Crippen molar-refractivity contribution in [1.82, 2.24) is 0 Å². The fraction of sp³-hybridized carbons (Fsp3) is 0.778. The standard InChI is InChI=1S/C18H24O4/c1-17(13(15(19)21-2)14(17)16(20)22-3)18-7-10-4-11(8-18)6-12(5-10)9-18/h10-12H,4-9H2,1-3H3. The molecule has 5 rings (SSSR count). The Morgan fingerprint density at radius 3 is 1.55 bits per heavy atom. The van der Waals surface area contributed by atoms with Crippen molar-refractivity contribution in [2.75, 3.05) is 14.2 Å². The summed E-state index contributed by atoms with van der Waals surface area (Å²) < 4.78 is 9.91. The summed E-state index contributed by atoms with van der Waals surface area (Å²) in [5, 5.41) is 0. The third kappa shape index (κ3) is 1.59. The van der Waals surface area contributed by atoms with Crippen LogP contribution in [0.5, 0.6) is 0 Å². The largest absolute Gasteiger partial charge is 0.466 e. The van der Waals surface area contributed by atoms with E-state index in [1.54, 1.807) is 0 Å². The van der Waals surface area contributed by atoms with Crippen LogP contribution in [-0.2, 0) is 19.1 Å². The fourth-order valence-corrected chi connectivity index (χ4v) is 6.44. The summed E-state index contributed by atoms with van der Waals surface area (Å²) >= 11 is 0. The molecule has 0 aromatic carbocycles. The molecule has 5 aliphatic carbocycles. The van der Waals surface area contributed by atoms with Gasteiger partial charge in [0.2, 0.25) is 0 Å². The lowest BCUT2D eigenvalue weighted by atomic mass is 9.44. The summed E-state index contributed by atoms with van der Waals surface area (Å²) in [5.41, 5.74) is 0.824. The van der Waals surface area contributed by atoms with Crippen LogP contribution in [0.4, 0.5) is 0 Å². The van der Waals surface area contributed by atoms with Gasteiger partial charge in [-0.05, 0) is 61.7 Å². The molecule has 120 valence electrons. The summed E-state index contributed by atoms with van der Waals surface area (Å²) in [6.45, 7) is 2.08. The molecule has 4 nitrogen and oxygen atoms in total. The van der Waals surface area contributed by atoms with Gasteiger partial charge in [-0.25, -0.2) is 9.59 Å². The molecular formula is C18H24O4. The van der Waals surface area contributed by atoms with Gasteiger partial charge < -0.3 is 9.47 Å². The first-order valence-corrected chi connectivity index (χ1v) is 8.37. The van der Waals surface area contributed by atoms with Gasteiger partial charge in [0, 0.05) is 5.41 Å². The average molecular weight is 304 g/mol. The fourth-order valence-electron chi connectivity index (χ4n) is 6.44. The molecule has 0 unspecified atom stereocenters. The van der Waals surface area contributed by atoms with Gasteiger partial charge in [-0.3, -0.25) is 0 Å². The molecule has 0 radical (unpaired) electrons. The molecule has 0 atom stereocenters. The second-order valence-corrected chi connectivity index (χ2v) is 8.06. The second-order valence-electron chi connectivity index (χ2n) is 8.06. The maximum atomic E-state index is 12.2. The highest BCUT2D eigenvalue weighted by Crippen LogP contribution is 2.75. The van der Waals surface area contributed by atoms with E-state index < -0.39 is 5.41 Å². The molecule has 4 bridgehead atoms. The van der Waals surface area contributed by atoms with Crippen LogP contribution >= 0.6 is 0 Å². The lowest BCUT2D eigenvalue weighted by Gasteiger charge is -2.60. The van der Waals surface area contributed by atoms with Crippen molar-refractivity contribution < 1.29 is 19.1 Å². The van der Waals surface area contributed by atoms with Crippen molar-refractivity contribution in [3.05, 3.63) is 11.1 Å². The van der Waals surface area contributed by atoms with Crippen LogP contribution in [0.15, 0.2) is 11.1 Å². The van der Waals surface area contributed by atoms with Gasteiger partial charge in [0.1, 0.15) is 0 Å². The molecule has 0 amide bonds. The molecule has 22 heavy (non-hydrogen) atoms. The van der Waals surface area contributed by atoms with E-state index in [9.17, 15) is 9.59 Å². The van der Waals surface area contributed by atoms with Crippen molar-refractivity contribution in [2.24, 2.45) is 28.6 Å². The van der Waals surface area contributed by atoms with Crippen LogP contribution in [0, 0.1) is 28.6 Å². The van der Waals surface area contributed by atoms with Crippen molar-refractivity contribution in [3.8, 4) is 0 Å². The second kappa shape index (κ2) is 4.36. The molecule has 0 N–H and O–H groups in total. The molecule has 4 heteroatoms. The highest BCUT2D eigenvalue weighted by molar-refractivity contribution is 6.12. The lowest BCUT2D eigenvalue weighted by Crippen LogP contribution is -2.51. The van der Waals surface area contributed by atoms with E-state index in [2.05, 4.69) is 6.92 Å². The molecule has 0 aliphatic heterocycles. The average Bonchev–Trinajstić information content (AvgIpc) is 3.12. The van der Waals surface area contributed by atoms with E-state index in [1.165, 1.54) is 33.5 Å². The van der Waals surface area contributed by atoms with Gasteiger partial charge in [0.25, 0.3) is 0 Å². The summed E-state index contributed by atoms with van der Waals surface area (Å²) in [4.78, 5) is 24.5. The van der Waals surface area contributed by atoms with Gasteiger partial charge in [0.15, 0.2) is 0 Å². The molecule has 5 aliphatic rings. The predicted molar refractivity (Wildman–Crippen MR) is 79.8 cm³/mol. The van der Waals surface area contributed by atoms with Crippen molar-refractivity contribution in [2.45, 2.75) is 45.4 Å². The number of ether oxygens (including phenoxy) is 2. The van der Waals surface area contributed by atoms with Gasteiger partial charge in [-0.15, -0.1) is 0 Å². The van der Waals surface area contributed by atoms with Gasteiger partial charge in [-0.1, -0.05) is 6.92 Å². The minimum absolute atomic E-state index is 0.0782. The molecule has 0 heterocycles. The molecule has 0 spiro atoms. The van der Waals surface area contributed by atoms with E-state index in [0.29, 0.717) is 11.1 Å². The third-order valence-electron chi connectivity index (χ3n) is 7.07. The van der Waals surface area contributed by atoms with Crippen molar-refractivity contribution >= 4 is 11.9 Å². The highest BCUT2D eigenvalue weighted by Gasteiger charge is 2.71. The first-order valence-electron chi connectivity index (χ1n) is 8.37. The number of methoxy groups -OCH3 is 2.